The maximum atomic E-state index is 14.2. The first-order chi connectivity index (χ1) is 17.5. The minimum Gasteiger partial charge on any atom is -0.497 e. The lowest BCUT2D eigenvalue weighted by atomic mass is 10.1. The van der Waals surface area contributed by atoms with Gasteiger partial charge in [0.1, 0.15) is 17.1 Å². The van der Waals surface area contributed by atoms with Gasteiger partial charge in [0, 0.05) is 43.7 Å². The lowest BCUT2D eigenvalue weighted by Crippen LogP contribution is -2.08. The van der Waals surface area contributed by atoms with Crippen LogP contribution in [0.5, 0.6) is 5.75 Å². The number of aromatic amines is 2. The predicted molar refractivity (Wildman–Crippen MR) is 136 cm³/mol. The third kappa shape index (κ3) is 3.68. The van der Waals surface area contributed by atoms with Crippen molar-refractivity contribution in [3.63, 3.8) is 0 Å². The first-order valence-corrected chi connectivity index (χ1v) is 11.2. The zero-order valence-electron chi connectivity index (χ0n) is 19.7. The number of pyridine rings is 3. The lowest BCUT2D eigenvalue weighted by molar-refractivity contribution is 0.411. The topological polar surface area (TPSA) is 108 Å². The van der Waals surface area contributed by atoms with Crippen LogP contribution in [0.2, 0.25) is 0 Å². The third-order valence-electron chi connectivity index (χ3n) is 5.98. The van der Waals surface area contributed by atoms with E-state index in [0.29, 0.717) is 44.9 Å². The maximum absolute atomic E-state index is 14.2. The van der Waals surface area contributed by atoms with Crippen LogP contribution in [0.1, 0.15) is 0 Å². The van der Waals surface area contributed by atoms with Crippen LogP contribution >= 0.6 is 0 Å². The van der Waals surface area contributed by atoms with Gasteiger partial charge in [0.15, 0.2) is 11.5 Å². The average molecular weight is 481 g/mol. The van der Waals surface area contributed by atoms with Gasteiger partial charge in [0.2, 0.25) is 0 Å². The number of rotatable bonds is 5. The third-order valence-corrected chi connectivity index (χ3v) is 5.98. The van der Waals surface area contributed by atoms with Crippen LogP contribution in [0.25, 0.3) is 56.0 Å². The Balaban J connectivity index is 1.47. The van der Waals surface area contributed by atoms with Gasteiger partial charge in [-0.3, -0.25) is 15.1 Å². The molecular weight excluding hydrogens is 459 g/mol. The van der Waals surface area contributed by atoms with Crippen molar-refractivity contribution in [2.45, 2.75) is 0 Å². The summed E-state index contributed by atoms with van der Waals surface area (Å²) in [6.07, 6.45) is 6.93. The molecule has 0 atom stereocenters. The molecule has 0 bridgehead atoms. The average Bonchev–Trinajstić information content (AvgIpc) is 3.51. The SMILES string of the molecule is COc1cc(F)cc(-c2cncc3[nH]c(-c4n[nH]c5ccc(-c6cncc(N(C)C)c6)nc45)nc23)c1. The number of nitrogens with one attached hydrogen (secondary N) is 2. The Morgan fingerprint density at radius 3 is 2.56 bits per heavy atom. The minimum atomic E-state index is -0.403. The molecule has 6 rings (SSSR count). The van der Waals surface area contributed by atoms with Crippen molar-refractivity contribution in [2.75, 3.05) is 26.1 Å². The van der Waals surface area contributed by atoms with E-state index in [1.807, 2.05) is 37.2 Å². The van der Waals surface area contributed by atoms with Crippen LogP contribution < -0.4 is 9.64 Å². The van der Waals surface area contributed by atoms with Crippen molar-refractivity contribution in [1.82, 2.24) is 35.1 Å². The zero-order chi connectivity index (χ0) is 24.8. The number of imidazole rings is 1. The second-order valence-electron chi connectivity index (χ2n) is 8.54. The van der Waals surface area contributed by atoms with Crippen LogP contribution in [0, 0.1) is 5.82 Å². The molecule has 0 amide bonds. The summed E-state index contributed by atoms with van der Waals surface area (Å²) in [5, 5.41) is 7.51. The Bertz CT molecular complexity index is 1740. The van der Waals surface area contributed by atoms with Crippen molar-refractivity contribution >= 4 is 27.8 Å². The molecule has 0 aliphatic rings. The summed E-state index contributed by atoms with van der Waals surface area (Å²) in [7, 11) is 5.44. The van der Waals surface area contributed by atoms with E-state index in [0.717, 1.165) is 22.5 Å². The Morgan fingerprint density at radius 1 is 0.861 bits per heavy atom. The molecule has 0 saturated carbocycles. The number of methoxy groups -OCH3 is 1. The fourth-order valence-corrected chi connectivity index (χ4v) is 4.13. The number of anilines is 1. The summed E-state index contributed by atoms with van der Waals surface area (Å²) < 4.78 is 19.4. The van der Waals surface area contributed by atoms with Crippen LogP contribution in [0.4, 0.5) is 10.1 Å². The highest BCUT2D eigenvalue weighted by Crippen LogP contribution is 2.33. The molecule has 0 unspecified atom stereocenters. The van der Waals surface area contributed by atoms with Gasteiger partial charge in [-0.2, -0.15) is 5.10 Å². The number of halogens is 1. The molecule has 178 valence electrons. The predicted octanol–water partition coefficient (Wildman–Crippen LogP) is 4.84. The number of H-pyrrole nitrogens is 2. The fraction of sp³-hybridized carbons (Fsp3) is 0.115. The Morgan fingerprint density at radius 2 is 1.72 bits per heavy atom. The molecular formula is C26H21FN8O. The molecule has 1 aromatic carbocycles. The highest BCUT2D eigenvalue weighted by molar-refractivity contribution is 5.96. The van der Waals surface area contributed by atoms with Crippen LogP contribution in [-0.4, -0.2) is 56.3 Å². The number of hydrogen-bond donors (Lipinski definition) is 2. The zero-order valence-corrected chi connectivity index (χ0v) is 19.7. The largest absolute Gasteiger partial charge is 0.497 e. The Hall–Kier alpha value is -4.86. The second kappa shape index (κ2) is 8.42. The van der Waals surface area contributed by atoms with Gasteiger partial charge in [0.25, 0.3) is 0 Å². The molecule has 6 aromatic rings. The first-order valence-electron chi connectivity index (χ1n) is 11.2. The molecule has 0 spiro atoms. The molecule has 5 aromatic heterocycles. The molecule has 0 aliphatic heterocycles. The van der Waals surface area contributed by atoms with Crippen LogP contribution in [-0.2, 0) is 0 Å². The van der Waals surface area contributed by atoms with Gasteiger partial charge in [-0.1, -0.05) is 0 Å². The van der Waals surface area contributed by atoms with E-state index in [4.69, 9.17) is 14.7 Å². The quantitative estimate of drug-likeness (QED) is 0.363. The van der Waals surface area contributed by atoms with E-state index < -0.39 is 5.82 Å². The molecule has 0 fully saturated rings. The van der Waals surface area contributed by atoms with Crippen molar-refractivity contribution in [3.05, 3.63) is 67.0 Å². The van der Waals surface area contributed by atoms with Crippen LogP contribution in [0.3, 0.4) is 0 Å². The number of hydrogen-bond acceptors (Lipinski definition) is 7. The lowest BCUT2D eigenvalue weighted by Gasteiger charge is -2.12. The molecule has 0 saturated heterocycles. The smallest absolute Gasteiger partial charge is 0.161 e. The van der Waals surface area contributed by atoms with Crippen molar-refractivity contribution < 1.29 is 9.13 Å². The summed E-state index contributed by atoms with van der Waals surface area (Å²) >= 11 is 0. The molecule has 0 radical (unpaired) electrons. The van der Waals surface area contributed by atoms with E-state index in [1.54, 1.807) is 30.9 Å². The van der Waals surface area contributed by atoms with Gasteiger partial charge < -0.3 is 14.6 Å². The number of ether oxygens (including phenoxy) is 1. The van der Waals surface area contributed by atoms with Crippen molar-refractivity contribution in [3.8, 4) is 39.7 Å². The molecule has 10 heteroatoms. The van der Waals surface area contributed by atoms with Gasteiger partial charge in [0.05, 0.1) is 47.4 Å². The standard InChI is InChI=1S/C26H21FN8O/c1-35(2)17-7-15(10-28-11-17)20-4-5-21-24(30-20)25(34-33-21)26-31-22-13-29-12-19(23(22)32-26)14-6-16(27)9-18(8-14)36-3/h4-13H,1-3H3,(H,31,32)(H,33,34). The highest BCUT2D eigenvalue weighted by Gasteiger charge is 2.18. The molecule has 0 aliphatic carbocycles. The van der Waals surface area contributed by atoms with E-state index in [-0.39, 0.29) is 0 Å². The first kappa shape index (κ1) is 21.7. The van der Waals surface area contributed by atoms with Crippen molar-refractivity contribution in [2.24, 2.45) is 0 Å². The highest BCUT2D eigenvalue weighted by atomic mass is 19.1. The van der Waals surface area contributed by atoms with Crippen LogP contribution in [0.15, 0.2) is 61.2 Å². The van der Waals surface area contributed by atoms with Gasteiger partial charge >= 0.3 is 0 Å². The van der Waals surface area contributed by atoms with E-state index in [9.17, 15) is 4.39 Å². The summed E-state index contributed by atoms with van der Waals surface area (Å²) in [6, 6.07) is 10.4. The molecule has 2 N–H and O–H groups in total. The van der Waals surface area contributed by atoms with Gasteiger partial charge in [-0.25, -0.2) is 14.4 Å². The van der Waals surface area contributed by atoms with Crippen molar-refractivity contribution in [1.29, 1.82) is 0 Å². The molecule has 5 heterocycles. The molecule has 36 heavy (non-hydrogen) atoms. The van der Waals surface area contributed by atoms with Gasteiger partial charge in [-0.15, -0.1) is 0 Å². The second-order valence-corrected chi connectivity index (χ2v) is 8.54. The Labute approximate surface area is 205 Å². The van der Waals surface area contributed by atoms with E-state index in [2.05, 4.69) is 25.1 Å². The normalized spacial score (nSPS) is 11.3. The maximum Gasteiger partial charge on any atom is 0.161 e. The van der Waals surface area contributed by atoms with E-state index >= 15 is 0 Å². The monoisotopic (exact) mass is 480 g/mol. The number of benzene rings is 1. The summed E-state index contributed by atoms with van der Waals surface area (Å²) in [4.78, 5) is 23.6. The Kier molecular flexibility index (Phi) is 5.06. The van der Waals surface area contributed by atoms with E-state index in [1.165, 1.54) is 19.2 Å². The molecule has 9 nitrogen and oxygen atoms in total. The number of aromatic nitrogens is 7. The van der Waals surface area contributed by atoms with Gasteiger partial charge in [-0.05, 0) is 35.9 Å². The summed E-state index contributed by atoms with van der Waals surface area (Å²) in [6.45, 7) is 0. The minimum absolute atomic E-state index is 0.403. The summed E-state index contributed by atoms with van der Waals surface area (Å²) in [5.74, 6) is 0.541. The fourth-order valence-electron chi connectivity index (χ4n) is 4.13. The number of fused-ring (bicyclic) bond motifs is 2. The number of nitrogens with zero attached hydrogens (tertiary/aromatic N) is 6. The summed E-state index contributed by atoms with van der Waals surface area (Å²) in [5.41, 5.74) is 7.29.